The Morgan fingerprint density at radius 1 is 1.08 bits per heavy atom. The number of hydrogen-bond donors (Lipinski definition) is 1. The molecule has 1 unspecified atom stereocenters. The molecule has 1 saturated carbocycles. The smallest absolute Gasteiger partial charge is 0.301 e. The van der Waals surface area contributed by atoms with Crippen LogP contribution in [-0.2, 0) is 20.2 Å². The minimum absolute atomic E-state index is 0.0178. The second-order valence-electron chi connectivity index (χ2n) is 10.6. The van der Waals surface area contributed by atoms with Crippen LogP contribution in [0.15, 0.2) is 64.2 Å². The largest absolute Gasteiger partial charge is 0.432 e. The van der Waals surface area contributed by atoms with Gasteiger partial charge in [0.25, 0.3) is 15.9 Å². The van der Waals surface area contributed by atoms with E-state index in [1.165, 1.54) is 12.5 Å². The first-order valence-corrected chi connectivity index (χ1v) is 14.4. The molecule has 2 fully saturated rings. The second-order valence-corrected chi connectivity index (χ2v) is 12.4. The van der Waals surface area contributed by atoms with Crippen molar-refractivity contribution in [3.8, 4) is 0 Å². The Morgan fingerprint density at radius 2 is 1.79 bits per heavy atom. The van der Waals surface area contributed by atoms with Gasteiger partial charge in [-0.15, -0.1) is 0 Å². The molecule has 1 aliphatic carbocycles. The van der Waals surface area contributed by atoms with Crippen LogP contribution in [0.5, 0.6) is 0 Å². The van der Waals surface area contributed by atoms with Crippen LogP contribution in [0.1, 0.15) is 54.1 Å². The average Bonchev–Trinajstić information content (AvgIpc) is 3.53. The number of sulfonamides is 1. The van der Waals surface area contributed by atoms with Crippen LogP contribution in [0.4, 0.5) is 11.7 Å². The molecule has 0 radical (unpaired) electrons. The normalized spacial score (nSPS) is 20.4. The predicted molar refractivity (Wildman–Crippen MR) is 141 cm³/mol. The van der Waals surface area contributed by atoms with Crippen LogP contribution in [0, 0.1) is 12.8 Å². The Kier molecular flexibility index (Phi) is 5.82. The van der Waals surface area contributed by atoms with Gasteiger partial charge in [0.2, 0.25) is 5.91 Å². The quantitative estimate of drug-likeness (QED) is 0.527. The maximum absolute atomic E-state index is 14.2. The molecular formula is C28H30N4O5S. The van der Waals surface area contributed by atoms with E-state index in [2.05, 4.69) is 10.3 Å². The molecule has 2 aliphatic heterocycles. The van der Waals surface area contributed by atoms with Gasteiger partial charge in [-0.3, -0.25) is 19.2 Å². The third-order valence-corrected chi connectivity index (χ3v) is 10.1. The Hall–Kier alpha value is -3.66. The summed E-state index contributed by atoms with van der Waals surface area (Å²) in [5, 5.41) is 2.66. The van der Waals surface area contributed by atoms with Crippen molar-refractivity contribution in [2.24, 2.45) is 5.92 Å². The maximum Gasteiger partial charge on any atom is 0.301 e. The zero-order valence-electron chi connectivity index (χ0n) is 21.4. The number of oxazole rings is 1. The number of carbonyl (C=O) groups excluding carboxylic acids is 2. The number of amides is 2. The number of anilines is 2. The molecule has 1 spiro atoms. The molecule has 38 heavy (non-hydrogen) atoms. The number of nitrogens with zero attached hydrogens (tertiary/aromatic N) is 3. The van der Waals surface area contributed by atoms with Gasteiger partial charge in [0.15, 0.2) is 0 Å². The summed E-state index contributed by atoms with van der Waals surface area (Å²) in [6, 6.07) is 12.0. The lowest BCUT2D eigenvalue weighted by molar-refractivity contribution is -0.130. The van der Waals surface area contributed by atoms with E-state index in [9.17, 15) is 18.0 Å². The third kappa shape index (κ3) is 3.98. The van der Waals surface area contributed by atoms with Crippen molar-refractivity contribution in [2.45, 2.75) is 55.9 Å². The topological polar surface area (TPSA) is 113 Å². The second kappa shape index (κ2) is 8.97. The highest BCUT2D eigenvalue weighted by Gasteiger charge is 2.60. The number of aromatic nitrogens is 1. The zero-order valence-corrected chi connectivity index (χ0v) is 22.2. The molecule has 1 aromatic heterocycles. The lowest BCUT2D eigenvalue weighted by Gasteiger charge is -2.45. The average molecular weight is 535 g/mol. The fourth-order valence-electron chi connectivity index (χ4n) is 6.20. The lowest BCUT2D eigenvalue weighted by Crippen LogP contribution is -2.54. The van der Waals surface area contributed by atoms with Gasteiger partial charge in [-0.1, -0.05) is 17.7 Å². The van der Waals surface area contributed by atoms with Crippen molar-refractivity contribution in [1.29, 1.82) is 0 Å². The Labute approximate surface area is 221 Å². The van der Waals surface area contributed by atoms with Crippen LogP contribution in [0.3, 0.4) is 0 Å². The van der Waals surface area contributed by atoms with E-state index in [1.807, 2.05) is 30.0 Å². The van der Waals surface area contributed by atoms with E-state index in [1.54, 1.807) is 35.5 Å². The van der Waals surface area contributed by atoms with Crippen molar-refractivity contribution in [1.82, 2.24) is 9.88 Å². The Bertz CT molecular complexity index is 1490. The number of benzene rings is 2. The number of nitrogens with one attached hydrogen (secondary N) is 1. The van der Waals surface area contributed by atoms with Crippen LogP contribution in [0.25, 0.3) is 0 Å². The summed E-state index contributed by atoms with van der Waals surface area (Å²) in [5.74, 6) is -0.144. The molecule has 1 atom stereocenters. The zero-order chi connectivity index (χ0) is 26.7. The van der Waals surface area contributed by atoms with Crippen LogP contribution < -0.4 is 9.62 Å². The van der Waals surface area contributed by atoms with E-state index in [4.69, 9.17) is 4.42 Å². The van der Waals surface area contributed by atoms with Crippen LogP contribution in [-0.4, -0.2) is 49.2 Å². The highest BCUT2D eigenvalue weighted by molar-refractivity contribution is 7.92. The van der Waals surface area contributed by atoms with E-state index < -0.39 is 15.4 Å². The van der Waals surface area contributed by atoms with Gasteiger partial charge in [-0.05, 0) is 74.4 Å². The number of piperidine rings is 1. The van der Waals surface area contributed by atoms with Gasteiger partial charge in [0, 0.05) is 31.0 Å². The first-order chi connectivity index (χ1) is 18.2. The molecule has 6 rings (SSSR count). The SMILES string of the molecule is CC(=O)N1CCC2(CC1)c1cc(C(=O)Nc3ncco3)ccc1N(S(=O)(=O)c1ccc(C)cc1)C2C1CC1. The molecular weight excluding hydrogens is 504 g/mol. The van der Waals surface area contributed by atoms with Gasteiger partial charge >= 0.3 is 6.01 Å². The summed E-state index contributed by atoms with van der Waals surface area (Å²) < 4.78 is 35.3. The standard InChI is InChI=1S/C28H30N4O5S/c1-18-3-8-22(9-4-18)38(35,36)32-24-10-7-21(26(34)30-27-29-13-16-37-27)17-23(24)28(25(32)20-5-6-20)11-14-31(15-12-28)19(2)33/h3-4,7-10,13,16-17,20,25H,5-6,11-12,14-15H2,1-2H3,(H,29,30,34). The molecule has 198 valence electrons. The summed E-state index contributed by atoms with van der Waals surface area (Å²) in [6.45, 7) is 4.59. The summed E-state index contributed by atoms with van der Waals surface area (Å²) in [6.07, 6.45) is 5.99. The summed E-state index contributed by atoms with van der Waals surface area (Å²) in [7, 11) is -3.88. The van der Waals surface area contributed by atoms with E-state index in [0.29, 0.717) is 37.2 Å². The van der Waals surface area contributed by atoms with Crippen molar-refractivity contribution in [3.63, 3.8) is 0 Å². The Morgan fingerprint density at radius 3 is 2.39 bits per heavy atom. The van der Waals surface area contributed by atoms with Gasteiger partial charge < -0.3 is 9.32 Å². The number of likely N-dealkylation sites (tertiary alicyclic amines) is 1. The number of hydrogen-bond acceptors (Lipinski definition) is 6. The first-order valence-electron chi connectivity index (χ1n) is 12.9. The number of carbonyl (C=O) groups is 2. The molecule has 3 aliphatic rings. The fraction of sp³-hybridized carbons (Fsp3) is 0.393. The van der Waals surface area contributed by atoms with Crippen molar-refractivity contribution >= 4 is 33.5 Å². The highest BCUT2D eigenvalue weighted by Crippen LogP contribution is 2.59. The van der Waals surface area contributed by atoms with Crippen LogP contribution >= 0.6 is 0 Å². The molecule has 1 N–H and O–H groups in total. The van der Waals surface area contributed by atoms with Crippen LogP contribution in [0.2, 0.25) is 0 Å². The number of aryl methyl sites for hydroxylation is 1. The molecule has 0 bridgehead atoms. The molecule has 2 amide bonds. The molecule has 3 heterocycles. The van der Waals surface area contributed by atoms with E-state index >= 15 is 0 Å². The monoisotopic (exact) mass is 534 g/mol. The van der Waals surface area contributed by atoms with Crippen molar-refractivity contribution in [3.05, 3.63) is 71.6 Å². The maximum atomic E-state index is 14.2. The van der Waals surface area contributed by atoms with E-state index in [-0.39, 0.29) is 34.7 Å². The highest BCUT2D eigenvalue weighted by atomic mass is 32.2. The lowest BCUT2D eigenvalue weighted by atomic mass is 9.68. The first kappa shape index (κ1) is 24.7. The predicted octanol–water partition coefficient (Wildman–Crippen LogP) is 4.10. The summed E-state index contributed by atoms with van der Waals surface area (Å²) in [5.41, 5.74) is 2.36. The molecule has 1 saturated heterocycles. The van der Waals surface area contributed by atoms with Gasteiger partial charge in [0.1, 0.15) is 6.26 Å². The minimum Gasteiger partial charge on any atom is -0.432 e. The van der Waals surface area contributed by atoms with Gasteiger partial charge in [-0.2, -0.15) is 0 Å². The minimum atomic E-state index is -3.88. The van der Waals surface area contributed by atoms with Gasteiger partial charge in [-0.25, -0.2) is 13.4 Å². The summed E-state index contributed by atoms with van der Waals surface area (Å²) in [4.78, 5) is 31.3. The molecule has 10 heteroatoms. The van der Waals surface area contributed by atoms with Crippen molar-refractivity contribution < 1.29 is 22.4 Å². The molecule has 3 aromatic rings. The van der Waals surface area contributed by atoms with E-state index in [0.717, 1.165) is 24.0 Å². The van der Waals surface area contributed by atoms with Gasteiger partial charge in [0.05, 0.1) is 22.8 Å². The fourth-order valence-corrected chi connectivity index (χ4v) is 8.00. The van der Waals surface area contributed by atoms with Crippen molar-refractivity contribution in [2.75, 3.05) is 22.7 Å². The molecule has 9 nitrogen and oxygen atoms in total. The Balaban J connectivity index is 1.48. The number of fused-ring (bicyclic) bond motifs is 2. The summed E-state index contributed by atoms with van der Waals surface area (Å²) >= 11 is 0. The number of rotatable bonds is 5. The molecule has 2 aromatic carbocycles. The third-order valence-electron chi connectivity index (χ3n) is 8.25.